The Morgan fingerprint density at radius 3 is 2.05 bits per heavy atom. The number of rotatable bonds is 7. The van der Waals surface area contributed by atoms with Gasteiger partial charge in [0.05, 0.1) is 23.3 Å². The molecular weight excluding hydrogens is 321 g/mol. The molecule has 0 amide bonds. The van der Waals surface area contributed by atoms with Crippen LogP contribution < -0.4 is 14.8 Å². The second-order valence-corrected chi connectivity index (χ2v) is 5.45. The van der Waals surface area contributed by atoms with Gasteiger partial charge in [0.25, 0.3) is 0 Å². The average molecular weight is 340 g/mol. The second kappa shape index (κ2) is 8.16. The summed E-state index contributed by atoms with van der Waals surface area (Å²) in [5.74, 6) is 1.40. The van der Waals surface area contributed by atoms with Gasteiger partial charge in [0.1, 0.15) is 5.75 Å². The predicted molar refractivity (Wildman–Crippen MR) is 92.6 cm³/mol. The Balaban J connectivity index is 2.02. The third kappa shape index (κ3) is 4.46. The number of halogens is 2. The quantitative estimate of drug-likeness (QED) is 0.732. The van der Waals surface area contributed by atoms with Crippen LogP contribution in [0.15, 0.2) is 36.4 Å². The molecule has 0 fully saturated rings. The average Bonchev–Trinajstić information content (AvgIpc) is 2.50. The Morgan fingerprint density at radius 1 is 0.909 bits per heavy atom. The van der Waals surface area contributed by atoms with Gasteiger partial charge in [-0.3, -0.25) is 0 Å². The van der Waals surface area contributed by atoms with E-state index in [0.29, 0.717) is 35.6 Å². The highest BCUT2D eigenvalue weighted by atomic mass is 35.5. The van der Waals surface area contributed by atoms with Crippen LogP contribution in [0.3, 0.4) is 0 Å². The van der Waals surface area contributed by atoms with Crippen molar-refractivity contribution in [1.29, 1.82) is 0 Å². The Morgan fingerprint density at radius 2 is 1.50 bits per heavy atom. The van der Waals surface area contributed by atoms with Crippen molar-refractivity contribution in [2.45, 2.75) is 20.4 Å². The third-order valence-corrected chi connectivity index (χ3v) is 3.57. The molecule has 2 aromatic carbocycles. The van der Waals surface area contributed by atoms with Crippen LogP contribution in [0.4, 0.5) is 5.69 Å². The summed E-state index contributed by atoms with van der Waals surface area (Å²) in [5.41, 5.74) is 2.00. The summed E-state index contributed by atoms with van der Waals surface area (Å²) in [4.78, 5) is 0. The lowest BCUT2D eigenvalue weighted by atomic mass is 10.2. The first-order valence-corrected chi connectivity index (χ1v) is 7.97. The molecule has 2 rings (SSSR count). The summed E-state index contributed by atoms with van der Waals surface area (Å²) < 4.78 is 10.8. The predicted octanol–water partition coefficient (Wildman–Crippen LogP) is 5.40. The fourth-order valence-electron chi connectivity index (χ4n) is 2.04. The SMILES string of the molecule is CCOc1ccc(NCc2cc(Cl)c(OCC)c(Cl)c2)cc1. The van der Waals surface area contributed by atoms with Crippen LogP contribution in [-0.2, 0) is 6.54 Å². The van der Waals surface area contributed by atoms with Gasteiger partial charge in [-0.25, -0.2) is 0 Å². The molecule has 0 radical (unpaired) electrons. The van der Waals surface area contributed by atoms with Gasteiger partial charge in [-0.05, 0) is 55.8 Å². The molecular formula is C17H19Cl2NO2. The van der Waals surface area contributed by atoms with Crippen LogP contribution in [0, 0.1) is 0 Å². The first-order valence-electron chi connectivity index (χ1n) is 7.21. The molecule has 2 aromatic rings. The number of hydrogen-bond acceptors (Lipinski definition) is 3. The number of anilines is 1. The summed E-state index contributed by atoms with van der Waals surface area (Å²) in [5, 5.41) is 4.37. The smallest absolute Gasteiger partial charge is 0.156 e. The Hall–Kier alpha value is -1.58. The molecule has 0 aromatic heterocycles. The van der Waals surface area contributed by atoms with Crippen LogP contribution in [-0.4, -0.2) is 13.2 Å². The maximum Gasteiger partial charge on any atom is 0.156 e. The van der Waals surface area contributed by atoms with E-state index in [2.05, 4.69) is 5.32 Å². The molecule has 22 heavy (non-hydrogen) atoms. The van der Waals surface area contributed by atoms with Crippen LogP contribution in [0.5, 0.6) is 11.5 Å². The lowest BCUT2D eigenvalue weighted by molar-refractivity contribution is 0.340. The van der Waals surface area contributed by atoms with Crippen molar-refractivity contribution in [3.63, 3.8) is 0 Å². The molecule has 0 saturated heterocycles. The van der Waals surface area contributed by atoms with Crippen molar-refractivity contribution in [2.24, 2.45) is 0 Å². The van der Waals surface area contributed by atoms with Gasteiger partial charge in [-0.1, -0.05) is 23.2 Å². The standard InChI is InChI=1S/C17H19Cl2NO2/c1-3-21-14-7-5-13(6-8-14)20-11-12-9-15(18)17(22-4-2)16(19)10-12/h5-10,20H,3-4,11H2,1-2H3. The molecule has 0 aliphatic rings. The van der Waals surface area contributed by atoms with E-state index in [1.807, 2.05) is 50.2 Å². The van der Waals surface area contributed by atoms with Gasteiger partial charge in [0, 0.05) is 12.2 Å². The largest absolute Gasteiger partial charge is 0.494 e. The van der Waals surface area contributed by atoms with Crippen LogP contribution >= 0.6 is 23.2 Å². The van der Waals surface area contributed by atoms with Crippen molar-refractivity contribution >= 4 is 28.9 Å². The van der Waals surface area contributed by atoms with E-state index in [9.17, 15) is 0 Å². The summed E-state index contributed by atoms with van der Waals surface area (Å²) >= 11 is 12.4. The summed E-state index contributed by atoms with van der Waals surface area (Å²) in [6.07, 6.45) is 0. The maximum absolute atomic E-state index is 6.20. The molecule has 0 bridgehead atoms. The van der Waals surface area contributed by atoms with Crippen LogP contribution in [0.1, 0.15) is 19.4 Å². The van der Waals surface area contributed by atoms with Crippen molar-refractivity contribution in [1.82, 2.24) is 0 Å². The van der Waals surface area contributed by atoms with Crippen molar-refractivity contribution < 1.29 is 9.47 Å². The number of ether oxygens (including phenoxy) is 2. The van der Waals surface area contributed by atoms with Gasteiger partial charge in [-0.15, -0.1) is 0 Å². The highest BCUT2D eigenvalue weighted by molar-refractivity contribution is 6.37. The Labute approximate surface area is 141 Å². The summed E-state index contributed by atoms with van der Waals surface area (Å²) in [7, 11) is 0. The Bertz CT molecular complexity index is 592. The van der Waals surface area contributed by atoms with E-state index in [-0.39, 0.29) is 0 Å². The van der Waals surface area contributed by atoms with Gasteiger partial charge in [0.15, 0.2) is 5.75 Å². The maximum atomic E-state index is 6.20. The molecule has 0 heterocycles. The van der Waals surface area contributed by atoms with Crippen LogP contribution in [0.2, 0.25) is 10.0 Å². The summed E-state index contributed by atoms with van der Waals surface area (Å²) in [6.45, 7) is 5.68. The first-order chi connectivity index (χ1) is 10.6. The zero-order valence-corrected chi connectivity index (χ0v) is 14.2. The van der Waals surface area contributed by atoms with Crippen LogP contribution in [0.25, 0.3) is 0 Å². The highest BCUT2D eigenvalue weighted by Gasteiger charge is 2.09. The van der Waals surface area contributed by atoms with Gasteiger partial charge in [0.2, 0.25) is 0 Å². The fourth-order valence-corrected chi connectivity index (χ4v) is 2.68. The van der Waals surface area contributed by atoms with Crippen molar-refractivity contribution in [2.75, 3.05) is 18.5 Å². The monoisotopic (exact) mass is 339 g/mol. The van der Waals surface area contributed by atoms with Gasteiger partial charge in [-0.2, -0.15) is 0 Å². The van der Waals surface area contributed by atoms with E-state index < -0.39 is 0 Å². The van der Waals surface area contributed by atoms with E-state index in [0.717, 1.165) is 17.0 Å². The lowest BCUT2D eigenvalue weighted by Gasteiger charge is -2.12. The molecule has 0 atom stereocenters. The summed E-state index contributed by atoms with van der Waals surface area (Å²) in [6, 6.07) is 11.5. The van der Waals surface area contributed by atoms with Crippen molar-refractivity contribution in [3.8, 4) is 11.5 Å². The van der Waals surface area contributed by atoms with E-state index in [1.165, 1.54) is 0 Å². The van der Waals surface area contributed by atoms with Gasteiger partial charge >= 0.3 is 0 Å². The number of hydrogen-bond donors (Lipinski definition) is 1. The first kappa shape index (κ1) is 16.8. The second-order valence-electron chi connectivity index (χ2n) is 4.63. The fraction of sp³-hybridized carbons (Fsp3) is 0.294. The minimum atomic E-state index is 0.526. The topological polar surface area (TPSA) is 30.5 Å². The van der Waals surface area contributed by atoms with E-state index in [4.69, 9.17) is 32.7 Å². The van der Waals surface area contributed by atoms with Crippen molar-refractivity contribution in [3.05, 3.63) is 52.0 Å². The number of nitrogens with one attached hydrogen (secondary N) is 1. The minimum absolute atomic E-state index is 0.526. The zero-order valence-electron chi connectivity index (χ0n) is 12.7. The zero-order chi connectivity index (χ0) is 15.9. The molecule has 5 heteroatoms. The molecule has 3 nitrogen and oxygen atoms in total. The molecule has 1 N–H and O–H groups in total. The third-order valence-electron chi connectivity index (χ3n) is 3.01. The minimum Gasteiger partial charge on any atom is -0.494 e. The molecule has 118 valence electrons. The van der Waals surface area contributed by atoms with E-state index in [1.54, 1.807) is 0 Å². The molecule has 0 aliphatic carbocycles. The number of benzene rings is 2. The molecule has 0 spiro atoms. The molecule has 0 saturated carbocycles. The lowest BCUT2D eigenvalue weighted by Crippen LogP contribution is -2.01. The van der Waals surface area contributed by atoms with Gasteiger partial charge < -0.3 is 14.8 Å². The normalized spacial score (nSPS) is 10.4. The van der Waals surface area contributed by atoms with E-state index >= 15 is 0 Å². The highest BCUT2D eigenvalue weighted by Crippen LogP contribution is 2.34. The molecule has 0 aliphatic heterocycles. The Kier molecular flexibility index (Phi) is 6.22. The molecule has 0 unspecified atom stereocenters.